The van der Waals surface area contributed by atoms with E-state index in [0.29, 0.717) is 29.8 Å². The molecule has 0 amide bonds. The van der Waals surface area contributed by atoms with Gasteiger partial charge < -0.3 is 18.9 Å². The van der Waals surface area contributed by atoms with Gasteiger partial charge in [0.25, 0.3) is 0 Å². The average molecular weight is 352 g/mol. The highest BCUT2D eigenvalue weighted by atomic mass is 16.6. The van der Waals surface area contributed by atoms with E-state index in [-0.39, 0.29) is 17.8 Å². The molecule has 0 N–H and O–H groups in total. The summed E-state index contributed by atoms with van der Waals surface area (Å²) >= 11 is 0. The predicted octanol–water partition coefficient (Wildman–Crippen LogP) is 4.25. The molecule has 25 heavy (non-hydrogen) atoms. The van der Waals surface area contributed by atoms with Crippen molar-refractivity contribution in [3.05, 3.63) is 17.7 Å². The third-order valence-electron chi connectivity index (χ3n) is 4.30. The molecule has 0 aromatic heterocycles. The van der Waals surface area contributed by atoms with E-state index >= 15 is 0 Å². The van der Waals surface area contributed by atoms with Crippen molar-refractivity contribution in [1.82, 2.24) is 0 Å². The molecule has 5 nitrogen and oxygen atoms in total. The first-order chi connectivity index (χ1) is 11.8. The summed E-state index contributed by atoms with van der Waals surface area (Å²) in [5.74, 6) is 1.44. The van der Waals surface area contributed by atoms with Gasteiger partial charge in [0.1, 0.15) is 0 Å². The van der Waals surface area contributed by atoms with Crippen LogP contribution in [0.5, 0.6) is 17.2 Å². The van der Waals surface area contributed by atoms with Crippen molar-refractivity contribution in [2.75, 3.05) is 27.9 Å². The fraction of sp³-hybridized carbons (Fsp3) is 0.650. The molecule has 5 heteroatoms. The molecule has 2 unspecified atom stereocenters. The summed E-state index contributed by atoms with van der Waals surface area (Å²) in [7, 11) is 4.78. The molecule has 1 rings (SSSR count). The molecule has 0 aliphatic rings. The molecular formula is C20H32O5. The first-order valence-corrected chi connectivity index (χ1v) is 8.77. The van der Waals surface area contributed by atoms with E-state index in [4.69, 9.17) is 18.9 Å². The maximum Gasteiger partial charge on any atom is 0.314 e. The topological polar surface area (TPSA) is 54.0 Å². The minimum absolute atomic E-state index is 0.164. The summed E-state index contributed by atoms with van der Waals surface area (Å²) in [6.45, 7) is 8.84. The molecule has 0 bridgehead atoms. The van der Waals surface area contributed by atoms with Crippen molar-refractivity contribution in [3.63, 3.8) is 0 Å². The zero-order valence-electron chi connectivity index (χ0n) is 16.5. The van der Waals surface area contributed by atoms with Crippen molar-refractivity contribution in [1.29, 1.82) is 0 Å². The van der Waals surface area contributed by atoms with E-state index in [0.717, 1.165) is 18.4 Å². The van der Waals surface area contributed by atoms with Crippen LogP contribution >= 0.6 is 0 Å². The third-order valence-corrected chi connectivity index (χ3v) is 4.30. The van der Waals surface area contributed by atoms with Crippen LogP contribution in [-0.4, -0.2) is 33.9 Å². The first kappa shape index (κ1) is 21.3. The molecule has 0 aliphatic heterocycles. The molecule has 0 aliphatic carbocycles. The quantitative estimate of drug-likeness (QED) is 0.465. The second-order valence-electron chi connectivity index (χ2n) is 6.91. The lowest BCUT2D eigenvalue weighted by molar-refractivity contribution is -0.141. The van der Waals surface area contributed by atoms with Crippen LogP contribution < -0.4 is 14.2 Å². The number of aryl methyl sites for hydroxylation is 1. The summed E-state index contributed by atoms with van der Waals surface area (Å²) in [6, 6.07) is 3.66. The number of benzene rings is 1. The Morgan fingerprint density at radius 1 is 1.04 bits per heavy atom. The standard InChI is InChI=1S/C20H32O5/c1-13(2)10-16(15(4)8-9-22-5)20(21)25-19-17(23-6)11-14(3)12-18(19)24-7/h11-13,15-16H,8-10H2,1-7H3. The summed E-state index contributed by atoms with van der Waals surface area (Å²) in [5.41, 5.74) is 0.973. The largest absolute Gasteiger partial charge is 0.493 e. The van der Waals surface area contributed by atoms with E-state index in [1.54, 1.807) is 21.3 Å². The lowest BCUT2D eigenvalue weighted by Gasteiger charge is -2.24. The number of esters is 1. The van der Waals surface area contributed by atoms with E-state index in [2.05, 4.69) is 20.8 Å². The molecule has 0 spiro atoms. The number of carbonyl (C=O) groups excluding carboxylic acids is 1. The van der Waals surface area contributed by atoms with Crippen LogP contribution in [0, 0.1) is 24.7 Å². The zero-order valence-corrected chi connectivity index (χ0v) is 16.5. The highest BCUT2D eigenvalue weighted by Crippen LogP contribution is 2.39. The summed E-state index contributed by atoms with van der Waals surface area (Å²) in [5, 5.41) is 0. The first-order valence-electron chi connectivity index (χ1n) is 8.77. The van der Waals surface area contributed by atoms with Gasteiger partial charge in [0.15, 0.2) is 11.5 Å². The van der Waals surface area contributed by atoms with Crippen LogP contribution in [0.15, 0.2) is 12.1 Å². The number of hydrogen-bond acceptors (Lipinski definition) is 5. The van der Waals surface area contributed by atoms with Crippen molar-refractivity contribution >= 4 is 5.97 Å². The van der Waals surface area contributed by atoms with Crippen molar-refractivity contribution in [2.24, 2.45) is 17.8 Å². The Hall–Kier alpha value is -1.75. The summed E-state index contributed by atoms with van der Waals surface area (Å²) < 4.78 is 21.7. The minimum atomic E-state index is -0.252. The van der Waals surface area contributed by atoms with Gasteiger partial charge in [0.05, 0.1) is 20.1 Å². The van der Waals surface area contributed by atoms with Gasteiger partial charge in [-0.15, -0.1) is 0 Å². The third kappa shape index (κ3) is 6.24. The fourth-order valence-corrected chi connectivity index (χ4v) is 2.86. The number of carbonyl (C=O) groups is 1. The second-order valence-corrected chi connectivity index (χ2v) is 6.91. The highest BCUT2D eigenvalue weighted by Gasteiger charge is 2.29. The lowest BCUT2D eigenvalue weighted by atomic mass is 9.85. The van der Waals surface area contributed by atoms with E-state index in [1.807, 2.05) is 19.1 Å². The van der Waals surface area contributed by atoms with Gasteiger partial charge >= 0.3 is 5.97 Å². The molecule has 0 radical (unpaired) electrons. The normalized spacial score (nSPS) is 13.4. The fourth-order valence-electron chi connectivity index (χ4n) is 2.86. The van der Waals surface area contributed by atoms with Crippen molar-refractivity contribution < 1.29 is 23.7 Å². The SMILES string of the molecule is COCCC(C)C(CC(C)C)C(=O)Oc1c(OC)cc(C)cc1OC. The van der Waals surface area contributed by atoms with Gasteiger partial charge in [0, 0.05) is 13.7 Å². The number of hydrogen-bond donors (Lipinski definition) is 0. The van der Waals surface area contributed by atoms with Gasteiger partial charge in [-0.2, -0.15) is 0 Å². The van der Waals surface area contributed by atoms with Gasteiger partial charge in [0.2, 0.25) is 5.75 Å². The van der Waals surface area contributed by atoms with E-state index in [1.165, 1.54) is 0 Å². The molecule has 0 saturated carbocycles. The molecule has 142 valence electrons. The molecule has 0 fully saturated rings. The number of ether oxygens (including phenoxy) is 4. The van der Waals surface area contributed by atoms with Crippen LogP contribution in [-0.2, 0) is 9.53 Å². The van der Waals surface area contributed by atoms with Gasteiger partial charge in [-0.05, 0) is 49.3 Å². The Morgan fingerprint density at radius 2 is 1.60 bits per heavy atom. The molecule has 0 heterocycles. The van der Waals surface area contributed by atoms with Gasteiger partial charge in [-0.3, -0.25) is 4.79 Å². The van der Waals surface area contributed by atoms with Gasteiger partial charge in [-0.1, -0.05) is 20.8 Å². The Balaban J connectivity index is 3.06. The van der Waals surface area contributed by atoms with Crippen LogP contribution in [0.1, 0.15) is 39.2 Å². The molecular weight excluding hydrogens is 320 g/mol. The van der Waals surface area contributed by atoms with Gasteiger partial charge in [-0.25, -0.2) is 0 Å². The van der Waals surface area contributed by atoms with Crippen LogP contribution in [0.25, 0.3) is 0 Å². The Labute approximate surface area is 151 Å². The highest BCUT2D eigenvalue weighted by molar-refractivity contribution is 5.77. The Morgan fingerprint density at radius 3 is 2.04 bits per heavy atom. The van der Waals surface area contributed by atoms with Crippen LogP contribution in [0.2, 0.25) is 0 Å². The number of methoxy groups -OCH3 is 3. The van der Waals surface area contributed by atoms with Crippen LogP contribution in [0.3, 0.4) is 0 Å². The maximum atomic E-state index is 12.9. The maximum absolute atomic E-state index is 12.9. The Kier molecular flexibility index (Phi) is 8.76. The molecule has 2 atom stereocenters. The summed E-state index contributed by atoms with van der Waals surface area (Å²) in [4.78, 5) is 12.9. The molecule has 1 aromatic rings. The molecule has 1 aromatic carbocycles. The second kappa shape index (κ2) is 10.3. The predicted molar refractivity (Wildman–Crippen MR) is 98.5 cm³/mol. The van der Waals surface area contributed by atoms with E-state index < -0.39 is 0 Å². The number of rotatable bonds is 10. The summed E-state index contributed by atoms with van der Waals surface area (Å²) in [6.07, 6.45) is 1.57. The minimum Gasteiger partial charge on any atom is -0.493 e. The van der Waals surface area contributed by atoms with Crippen LogP contribution in [0.4, 0.5) is 0 Å². The zero-order chi connectivity index (χ0) is 19.0. The monoisotopic (exact) mass is 352 g/mol. The lowest BCUT2D eigenvalue weighted by Crippen LogP contribution is -2.29. The average Bonchev–Trinajstić information content (AvgIpc) is 2.58. The van der Waals surface area contributed by atoms with E-state index in [9.17, 15) is 4.79 Å². The van der Waals surface area contributed by atoms with Crippen molar-refractivity contribution in [3.8, 4) is 17.2 Å². The smallest absolute Gasteiger partial charge is 0.314 e. The Bertz CT molecular complexity index is 528. The molecule has 0 saturated heterocycles. The van der Waals surface area contributed by atoms with Crippen molar-refractivity contribution in [2.45, 2.75) is 40.5 Å².